The third-order valence-electron chi connectivity index (χ3n) is 3.54. The fraction of sp³-hybridized carbons (Fsp3) is 0.467. The van der Waals surface area contributed by atoms with E-state index in [0.717, 1.165) is 4.90 Å². The molecule has 1 amide bonds. The van der Waals surface area contributed by atoms with Gasteiger partial charge in [-0.2, -0.15) is 0 Å². The van der Waals surface area contributed by atoms with Crippen molar-refractivity contribution in [1.82, 2.24) is 5.32 Å². The molecule has 0 aromatic heterocycles. The van der Waals surface area contributed by atoms with Crippen LogP contribution in [0.4, 0.5) is 0 Å². The van der Waals surface area contributed by atoms with Crippen LogP contribution in [0.15, 0.2) is 29.2 Å². The maximum atomic E-state index is 12.2. The first kappa shape index (κ1) is 16.6. The molecule has 1 aromatic carbocycles. The Morgan fingerprint density at radius 1 is 1.41 bits per heavy atom. The lowest BCUT2D eigenvalue weighted by molar-refractivity contribution is -0.148. The second-order valence-electron chi connectivity index (χ2n) is 5.11. The lowest BCUT2D eigenvalue weighted by Crippen LogP contribution is -2.57. The number of aliphatic carboxylic acids is 1. The fourth-order valence-corrected chi connectivity index (χ4v) is 2.54. The number of nitrogens with one attached hydrogen (secondary N) is 1. The number of hydrogen-bond acceptors (Lipinski definition) is 5. The summed E-state index contributed by atoms with van der Waals surface area (Å²) in [6.07, 6.45) is 1.43. The molecule has 2 atom stereocenters. The number of carboxylic acid groups (broad SMARTS) is 1. The standard InChI is InChI=1S/C15H19NO5S/c1-10(21-11-3-5-12(22-2)6-4-11)13(17)16-15(14(18)19)7-8-20-9-15/h3-6,10H,7-9H2,1-2H3,(H,16,17)(H,18,19). The Morgan fingerprint density at radius 2 is 2.09 bits per heavy atom. The average Bonchev–Trinajstić information content (AvgIpc) is 2.98. The number of rotatable bonds is 6. The molecule has 2 unspecified atom stereocenters. The normalized spacial score (nSPS) is 22.1. The van der Waals surface area contributed by atoms with Crippen molar-refractivity contribution in [3.05, 3.63) is 24.3 Å². The molecule has 0 spiro atoms. The van der Waals surface area contributed by atoms with Crippen molar-refractivity contribution in [2.45, 2.75) is 29.9 Å². The molecule has 0 bridgehead atoms. The van der Waals surface area contributed by atoms with Crippen LogP contribution in [0.1, 0.15) is 13.3 Å². The lowest BCUT2D eigenvalue weighted by Gasteiger charge is -2.25. The lowest BCUT2D eigenvalue weighted by atomic mass is 9.98. The third-order valence-corrected chi connectivity index (χ3v) is 4.28. The summed E-state index contributed by atoms with van der Waals surface area (Å²) in [6, 6.07) is 7.35. The molecule has 0 saturated carbocycles. The van der Waals surface area contributed by atoms with Crippen LogP contribution in [0.25, 0.3) is 0 Å². The Balaban J connectivity index is 1.97. The molecule has 7 heteroatoms. The van der Waals surface area contributed by atoms with E-state index >= 15 is 0 Å². The SMILES string of the molecule is CSc1ccc(OC(C)C(=O)NC2(C(=O)O)CCOC2)cc1. The zero-order valence-electron chi connectivity index (χ0n) is 12.5. The Labute approximate surface area is 133 Å². The van der Waals surface area contributed by atoms with Gasteiger partial charge < -0.3 is 19.9 Å². The minimum absolute atomic E-state index is 0.0246. The fourth-order valence-electron chi connectivity index (χ4n) is 2.14. The van der Waals surface area contributed by atoms with Gasteiger partial charge in [-0.25, -0.2) is 4.79 Å². The Bertz CT molecular complexity index is 539. The van der Waals surface area contributed by atoms with Gasteiger partial charge in [0.15, 0.2) is 11.6 Å². The van der Waals surface area contributed by atoms with Gasteiger partial charge in [-0.15, -0.1) is 11.8 Å². The van der Waals surface area contributed by atoms with Crippen LogP contribution in [0.5, 0.6) is 5.75 Å². The molecule has 1 aromatic rings. The van der Waals surface area contributed by atoms with Gasteiger partial charge in [0, 0.05) is 17.9 Å². The Morgan fingerprint density at radius 3 is 2.59 bits per heavy atom. The van der Waals surface area contributed by atoms with Crippen LogP contribution in [0.2, 0.25) is 0 Å². The highest BCUT2D eigenvalue weighted by molar-refractivity contribution is 7.98. The number of carbonyl (C=O) groups excluding carboxylic acids is 1. The maximum Gasteiger partial charge on any atom is 0.331 e. The molecular weight excluding hydrogens is 306 g/mol. The van der Waals surface area contributed by atoms with E-state index in [1.165, 1.54) is 0 Å². The molecule has 0 radical (unpaired) electrons. The first-order valence-corrected chi connectivity index (χ1v) is 8.13. The number of thioether (sulfide) groups is 1. The summed E-state index contributed by atoms with van der Waals surface area (Å²) < 4.78 is 10.7. The van der Waals surface area contributed by atoms with Crippen LogP contribution in [0, 0.1) is 0 Å². The molecule has 2 N–H and O–H groups in total. The van der Waals surface area contributed by atoms with Gasteiger partial charge in [0.2, 0.25) is 0 Å². The average molecular weight is 325 g/mol. The Kier molecular flexibility index (Phi) is 5.31. The van der Waals surface area contributed by atoms with Crippen molar-refractivity contribution in [3.8, 4) is 5.75 Å². The molecule has 6 nitrogen and oxygen atoms in total. The van der Waals surface area contributed by atoms with E-state index in [2.05, 4.69) is 5.32 Å². The van der Waals surface area contributed by atoms with Gasteiger partial charge in [-0.1, -0.05) is 0 Å². The molecule has 0 aliphatic carbocycles. The largest absolute Gasteiger partial charge is 0.481 e. The third kappa shape index (κ3) is 3.72. The summed E-state index contributed by atoms with van der Waals surface area (Å²) in [5, 5.41) is 11.8. The maximum absolute atomic E-state index is 12.2. The van der Waals surface area contributed by atoms with Crippen LogP contribution in [0.3, 0.4) is 0 Å². The number of carbonyl (C=O) groups is 2. The van der Waals surface area contributed by atoms with Crippen molar-refractivity contribution >= 4 is 23.6 Å². The molecule has 1 fully saturated rings. The first-order chi connectivity index (χ1) is 10.5. The molecule has 1 aliphatic rings. The smallest absolute Gasteiger partial charge is 0.331 e. The summed E-state index contributed by atoms with van der Waals surface area (Å²) in [5.41, 5.74) is -1.35. The van der Waals surface area contributed by atoms with Crippen LogP contribution < -0.4 is 10.1 Å². The topological polar surface area (TPSA) is 84.9 Å². The van der Waals surface area contributed by atoms with Gasteiger partial charge in [0.1, 0.15) is 5.75 Å². The molecule has 2 rings (SSSR count). The molecule has 1 heterocycles. The molecule has 22 heavy (non-hydrogen) atoms. The highest BCUT2D eigenvalue weighted by Gasteiger charge is 2.44. The summed E-state index contributed by atoms with van der Waals surface area (Å²) >= 11 is 1.61. The van der Waals surface area contributed by atoms with Crippen molar-refractivity contribution in [2.24, 2.45) is 0 Å². The number of ether oxygens (including phenoxy) is 2. The van der Waals surface area contributed by atoms with E-state index in [1.807, 2.05) is 18.4 Å². The summed E-state index contributed by atoms with van der Waals surface area (Å²) in [6.45, 7) is 1.88. The van der Waals surface area contributed by atoms with Gasteiger partial charge >= 0.3 is 5.97 Å². The van der Waals surface area contributed by atoms with E-state index < -0.39 is 23.5 Å². The number of benzene rings is 1. The van der Waals surface area contributed by atoms with Crippen molar-refractivity contribution in [1.29, 1.82) is 0 Å². The predicted octanol–water partition coefficient (Wildman–Crippen LogP) is 1.54. The van der Waals surface area contributed by atoms with Crippen LogP contribution >= 0.6 is 11.8 Å². The highest BCUT2D eigenvalue weighted by atomic mass is 32.2. The monoisotopic (exact) mass is 325 g/mol. The van der Waals surface area contributed by atoms with Crippen molar-refractivity contribution in [2.75, 3.05) is 19.5 Å². The minimum Gasteiger partial charge on any atom is -0.481 e. The van der Waals surface area contributed by atoms with Gasteiger partial charge in [-0.3, -0.25) is 4.79 Å². The number of hydrogen-bond donors (Lipinski definition) is 2. The van der Waals surface area contributed by atoms with Crippen LogP contribution in [-0.4, -0.2) is 48.1 Å². The quantitative estimate of drug-likeness (QED) is 0.772. The first-order valence-electron chi connectivity index (χ1n) is 6.91. The van der Waals surface area contributed by atoms with Gasteiger partial charge in [0.25, 0.3) is 5.91 Å². The van der Waals surface area contributed by atoms with E-state index in [-0.39, 0.29) is 13.0 Å². The Hall–Kier alpha value is -1.73. The molecular formula is C15H19NO5S. The van der Waals surface area contributed by atoms with Crippen molar-refractivity contribution in [3.63, 3.8) is 0 Å². The summed E-state index contributed by atoms with van der Waals surface area (Å²) in [4.78, 5) is 24.6. The van der Waals surface area contributed by atoms with E-state index in [9.17, 15) is 14.7 Å². The molecule has 1 saturated heterocycles. The molecule has 120 valence electrons. The second-order valence-corrected chi connectivity index (χ2v) is 5.99. The van der Waals surface area contributed by atoms with Crippen molar-refractivity contribution < 1.29 is 24.2 Å². The predicted molar refractivity (Wildman–Crippen MR) is 82.3 cm³/mol. The van der Waals surface area contributed by atoms with E-state index in [4.69, 9.17) is 9.47 Å². The van der Waals surface area contributed by atoms with E-state index in [0.29, 0.717) is 12.4 Å². The van der Waals surface area contributed by atoms with Crippen LogP contribution in [-0.2, 0) is 14.3 Å². The molecule has 1 aliphatic heterocycles. The number of carboxylic acids is 1. The zero-order valence-corrected chi connectivity index (χ0v) is 13.3. The van der Waals surface area contributed by atoms with Gasteiger partial charge in [-0.05, 0) is 37.4 Å². The number of amides is 1. The van der Waals surface area contributed by atoms with E-state index in [1.54, 1.807) is 30.8 Å². The zero-order chi connectivity index (χ0) is 16.2. The highest BCUT2D eigenvalue weighted by Crippen LogP contribution is 2.21. The summed E-state index contributed by atoms with van der Waals surface area (Å²) in [5.74, 6) is -0.996. The minimum atomic E-state index is -1.35. The van der Waals surface area contributed by atoms with Gasteiger partial charge in [0.05, 0.1) is 6.61 Å². The second kappa shape index (κ2) is 7.02. The summed E-state index contributed by atoms with van der Waals surface area (Å²) in [7, 11) is 0.